The van der Waals surface area contributed by atoms with Crippen LogP contribution in [-0.4, -0.2) is 42.2 Å². The van der Waals surface area contributed by atoms with Gasteiger partial charge >= 0.3 is 0 Å². The van der Waals surface area contributed by atoms with Crippen LogP contribution in [0.25, 0.3) is 0 Å². The number of carbonyl (C=O) groups excluding carboxylic acids is 1. The number of halogens is 1. The first kappa shape index (κ1) is 16.7. The molecule has 2 aliphatic heterocycles. The van der Waals surface area contributed by atoms with Crippen molar-refractivity contribution in [3.63, 3.8) is 0 Å². The maximum Gasteiger partial charge on any atom is 0.258 e. The van der Waals surface area contributed by atoms with Gasteiger partial charge < -0.3 is 15.0 Å². The molecular weight excluding hydrogens is 339 g/mol. The zero-order chi connectivity index (χ0) is 18.3. The molecule has 8 heteroatoms. The van der Waals surface area contributed by atoms with Crippen molar-refractivity contribution >= 4 is 17.7 Å². The summed E-state index contributed by atoms with van der Waals surface area (Å²) in [5.74, 6) is -0.738. The molecular formula is C18H19FN4O3. The molecule has 1 amide bonds. The van der Waals surface area contributed by atoms with E-state index in [0.29, 0.717) is 48.9 Å². The molecule has 2 N–H and O–H groups in total. The number of hydrogen-bond acceptors (Lipinski definition) is 5. The number of amides is 1. The summed E-state index contributed by atoms with van der Waals surface area (Å²) in [6, 6.07) is 5.00. The van der Waals surface area contributed by atoms with Crippen LogP contribution in [0.4, 0.5) is 16.2 Å². The number of nitrogens with one attached hydrogen (secondary N) is 2. The van der Waals surface area contributed by atoms with Crippen molar-refractivity contribution in [2.75, 3.05) is 36.5 Å². The lowest BCUT2D eigenvalue weighted by molar-refractivity contribution is -0.116. The van der Waals surface area contributed by atoms with Crippen molar-refractivity contribution in [1.29, 1.82) is 0 Å². The standard InChI is InChI=1S/C18H19FN4O3/c1-10-3-2-4-11(15(10)19)12-9-13(24)20-16-14(12)17(25)22-18(21-16)23-5-7-26-8-6-23/h2-4,12H,5-9H2,1H3,(H2,20,21,22,24,25). The van der Waals surface area contributed by atoms with Crippen LogP contribution in [0.3, 0.4) is 0 Å². The SMILES string of the molecule is Cc1cccc(C2CC(=O)Nc3nc(N4CCOCC4)[nH]c(=O)c32)c1F. The summed E-state index contributed by atoms with van der Waals surface area (Å²) in [5.41, 5.74) is 0.755. The lowest BCUT2D eigenvalue weighted by Crippen LogP contribution is -2.40. The highest BCUT2D eigenvalue weighted by atomic mass is 19.1. The topological polar surface area (TPSA) is 87.3 Å². The molecule has 1 fully saturated rings. The lowest BCUT2D eigenvalue weighted by atomic mass is 9.86. The van der Waals surface area contributed by atoms with Crippen molar-refractivity contribution in [1.82, 2.24) is 9.97 Å². The van der Waals surface area contributed by atoms with E-state index in [9.17, 15) is 14.0 Å². The Labute approximate surface area is 149 Å². The summed E-state index contributed by atoms with van der Waals surface area (Å²) < 4.78 is 19.9. The molecule has 0 spiro atoms. The van der Waals surface area contributed by atoms with E-state index >= 15 is 0 Å². The molecule has 1 saturated heterocycles. The zero-order valence-corrected chi connectivity index (χ0v) is 14.3. The average molecular weight is 358 g/mol. The molecule has 2 aromatic rings. The van der Waals surface area contributed by atoms with Crippen LogP contribution in [0.5, 0.6) is 0 Å². The lowest BCUT2D eigenvalue weighted by Gasteiger charge is -2.30. The van der Waals surface area contributed by atoms with Gasteiger partial charge in [-0.3, -0.25) is 14.6 Å². The van der Waals surface area contributed by atoms with E-state index in [1.807, 2.05) is 4.90 Å². The van der Waals surface area contributed by atoms with Gasteiger partial charge in [-0.2, -0.15) is 4.98 Å². The first-order valence-electron chi connectivity index (χ1n) is 8.56. The molecule has 136 valence electrons. The fourth-order valence-electron chi connectivity index (χ4n) is 3.49. The van der Waals surface area contributed by atoms with Gasteiger partial charge in [-0.25, -0.2) is 4.39 Å². The van der Waals surface area contributed by atoms with Crippen LogP contribution in [0.2, 0.25) is 0 Å². The van der Waals surface area contributed by atoms with Gasteiger partial charge in [0.25, 0.3) is 5.56 Å². The molecule has 0 saturated carbocycles. The molecule has 7 nitrogen and oxygen atoms in total. The first-order valence-corrected chi connectivity index (χ1v) is 8.56. The highest BCUT2D eigenvalue weighted by Crippen LogP contribution is 2.36. The molecule has 1 unspecified atom stereocenters. The fourth-order valence-corrected chi connectivity index (χ4v) is 3.49. The number of ether oxygens (including phenoxy) is 1. The molecule has 26 heavy (non-hydrogen) atoms. The molecule has 4 rings (SSSR count). The maximum absolute atomic E-state index is 14.6. The quantitative estimate of drug-likeness (QED) is 0.850. The first-order chi connectivity index (χ1) is 12.5. The van der Waals surface area contributed by atoms with Crippen molar-refractivity contribution in [3.05, 3.63) is 51.1 Å². The number of aromatic nitrogens is 2. The van der Waals surface area contributed by atoms with Gasteiger partial charge in [-0.1, -0.05) is 18.2 Å². The maximum atomic E-state index is 14.6. The van der Waals surface area contributed by atoms with Gasteiger partial charge in [0.1, 0.15) is 11.6 Å². The number of aryl methyl sites for hydroxylation is 1. The number of rotatable bonds is 2. The number of aromatic amines is 1. The third kappa shape index (κ3) is 2.86. The Balaban J connectivity index is 1.81. The minimum Gasteiger partial charge on any atom is -0.378 e. The number of benzene rings is 1. The van der Waals surface area contributed by atoms with Gasteiger partial charge in [0.15, 0.2) is 0 Å². The predicted molar refractivity (Wildman–Crippen MR) is 94.1 cm³/mol. The number of hydrogen-bond donors (Lipinski definition) is 2. The normalized spacial score (nSPS) is 19.8. The summed E-state index contributed by atoms with van der Waals surface area (Å²) in [5, 5.41) is 2.66. The second kappa shape index (κ2) is 6.53. The minimum atomic E-state index is -0.659. The Morgan fingerprint density at radius 1 is 1.27 bits per heavy atom. The highest BCUT2D eigenvalue weighted by molar-refractivity contribution is 5.94. The molecule has 1 aromatic heterocycles. The van der Waals surface area contributed by atoms with Crippen LogP contribution in [0.1, 0.15) is 29.0 Å². The Morgan fingerprint density at radius 2 is 2.04 bits per heavy atom. The summed E-state index contributed by atoms with van der Waals surface area (Å²) in [7, 11) is 0. The summed E-state index contributed by atoms with van der Waals surface area (Å²) in [4.78, 5) is 34.1. The summed E-state index contributed by atoms with van der Waals surface area (Å²) >= 11 is 0. The van der Waals surface area contributed by atoms with E-state index in [1.165, 1.54) is 0 Å². The largest absolute Gasteiger partial charge is 0.378 e. The Kier molecular flexibility index (Phi) is 4.20. The van der Waals surface area contributed by atoms with Gasteiger partial charge in [0.2, 0.25) is 11.9 Å². The minimum absolute atomic E-state index is 0.00896. The molecule has 0 aliphatic carbocycles. The predicted octanol–water partition coefficient (Wildman–Crippen LogP) is 1.53. The highest BCUT2D eigenvalue weighted by Gasteiger charge is 2.33. The number of carbonyl (C=O) groups is 1. The van der Waals surface area contributed by atoms with Gasteiger partial charge in [-0.15, -0.1) is 0 Å². The monoisotopic (exact) mass is 358 g/mol. The molecule has 0 radical (unpaired) electrons. The average Bonchev–Trinajstić information content (AvgIpc) is 2.63. The zero-order valence-electron chi connectivity index (χ0n) is 14.3. The second-order valence-corrected chi connectivity index (χ2v) is 6.53. The van der Waals surface area contributed by atoms with Gasteiger partial charge in [0.05, 0.1) is 18.8 Å². The molecule has 3 heterocycles. The van der Waals surface area contributed by atoms with E-state index < -0.39 is 11.7 Å². The third-order valence-corrected chi connectivity index (χ3v) is 4.85. The van der Waals surface area contributed by atoms with Crippen molar-refractivity contribution in [3.8, 4) is 0 Å². The summed E-state index contributed by atoms with van der Waals surface area (Å²) in [6.07, 6.45) is 0.00896. The number of fused-ring (bicyclic) bond motifs is 1. The van der Waals surface area contributed by atoms with Crippen molar-refractivity contribution in [2.24, 2.45) is 0 Å². The van der Waals surface area contributed by atoms with E-state index in [-0.39, 0.29) is 23.7 Å². The van der Waals surface area contributed by atoms with Crippen LogP contribution < -0.4 is 15.8 Å². The van der Waals surface area contributed by atoms with Crippen LogP contribution >= 0.6 is 0 Å². The van der Waals surface area contributed by atoms with E-state index in [4.69, 9.17) is 4.74 Å². The second-order valence-electron chi connectivity index (χ2n) is 6.53. The Bertz CT molecular complexity index is 921. The van der Waals surface area contributed by atoms with Crippen LogP contribution in [0, 0.1) is 12.7 Å². The van der Waals surface area contributed by atoms with Crippen LogP contribution in [0.15, 0.2) is 23.0 Å². The summed E-state index contributed by atoms with van der Waals surface area (Å²) in [6.45, 7) is 3.96. The molecule has 1 aromatic carbocycles. The smallest absolute Gasteiger partial charge is 0.258 e. The van der Waals surface area contributed by atoms with Crippen molar-refractivity contribution in [2.45, 2.75) is 19.3 Å². The molecule has 1 atom stereocenters. The number of anilines is 2. The fraction of sp³-hybridized carbons (Fsp3) is 0.389. The van der Waals surface area contributed by atoms with E-state index in [2.05, 4.69) is 15.3 Å². The third-order valence-electron chi connectivity index (χ3n) is 4.85. The van der Waals surface area contributed by atoms with Gasteiger partial charge in [-0.05, 0) is 18.1 Å². The number of H-pyrrole nitrogens is 1. The molecule has 2 aliphatic rings. The van der Waals surface area contributed by atoms with Crippen molar-refractivity contribution < 1.29 is 13.9 Å². The van der Waals surface area contributed by atoms with Gasteiger partial charge in [0, 0.05) is 25.4 Å². The Hall–Kier alpha value is -2.74. The van der Waals surface area contributed by atoms with E-state index in [0.717, 1.165) is 0 Å². The van der Waals surface area contributed by atoms with Crippen LogP contribution in [-0.2, 0) is 9.53 Å². The number of nitrogens with zero attached hydrogens (tertiary/aromatic N) is 2. The Morgan fingerprint density at radius 3 is 2.81 bits per heavy atom. The molecule has 0 bridgehead atoms. The number of morpholine rings is 1. The van der Waals surface area contributed by atoms with E-state index in [1.54, 1.807) is 25.1 Å².